The Morgan fingerprint density at radius 3 is 2.96 bits per heavy atom. The zero-order valence-corrected chi connectivity index (χ0v) is 13.9. The Morgan fingerprint density at radius 1 is 1.42 bits per heavy atom. The molecule has 128 valence electrons. The molecule has 2 aromatic rings. The van der Waals surface area contributed by atoms with E-state index in [-0.39, 0.29) is 17.9 Å². The number of H-pyrrole nitrogens is 1. The van der Waals surface area contributed by atoms with Crippen LogP contribution in [0.1, 0.15) is 47.9 Å². The summed E-state index contributed by atoms with van der Waals surface area (Å²) in [7, 11) is 0. The molecular formula is C16H20ClN5O2. The molecule has 4 rings (SSSR count). The number of halogens is 1. The number of carbonyl (C=O) groups is 1. The van der Waals surface area contributed by atoms with Crippen molar-refractivity contribution in [1.29, 1.82) is 0 Å². The van der Waals surface area contributed by atoms with E-state index in [4.69, 9.17) is 11.6 Å². The third kappa shape index (κ3) is 3.32. The van der Waals surface area contributed by atoms with Gasteiger partial charge < -0.3 is 15.4 Å². The number of imidazole rings is 1. The zero-order chi connectivity index (χ0) is 16.7. The first-order valence-corrected chi connectivity index (χ1v) is 8.68. The summed E-state index contributed by atoms with van der Waals surface area (Å²) in [6.07, 6.45) is 8.02. The fourth-order valence-electron chi connectivity index (χ4n) is 3.39. The van der Waals surface area contributed by atoms with Crippen LogP contribution in [-0.2, 0) is 6.54 Å². The molecule has 7 nitrogen and oxygen atoms in total. The maximum Gasteiger partial charge on any atom is 0.269 e. The van der Waals surface area contributed by atoms with Gasteiger partial charge in [-0.1, -0.05) is 11.6 Å². The van der Waals surface area contributed by atoms with Crippen LogP contribution in [0.2, 0.25) is 5.02 Å². The van der Waals surface area contributed by atoms with E-state index in [2.05, 4.69) is 20.4 Å². The molecule has 0 bridgehead atoms. The van der Waals surface area contributed by atoms with Crippen LogP contribution in [0.25, 0.3) is 0 Å². The fraction of sp³-hybridized carbons (Fsp3) is 0.562. The summed E-state index contributed by atoms with van der Waals surface area (Å²) in [6, 6.07) is -0.249. The number of rotatable bonds is 5. The van der Waals surface area contributed by atoms with Crippen molar-refractivity contribution in [2.45, 2.75) is 50.3 Å². The zero-order valence-electron chi connectivity index (χ0n) is 13.2. The van der Waals surface area contributed by atoms with E-state index in [1.54, 1.807) is 23.3 Å². The highest BCUT2D eigenvalue weighted by atomic mass is 35.5. The number of aliphatic hydroxyl groups excluding tert-OH is 1. The van der Waals surface area contributed by atoms with Crippen molar-refractivity contribution in [1.82, 2.24) is 25.1 Å². The summed E-state index contributed by atoms with van der Waals surface area (Å²) >= 11 is 5.87. The number of aromatic nitrogens is 4. The quantitative estimate of drug-likeness (QED) is 0.765. The summed E-state index contributed by atoms with van der Waals surface area (Å²) in [5, 5.41) is 17.9. The predicted molar refractivity (Wildman–Crippen MR) is 87.8 cm³/mol. The molecule has 3 N–H and O–H groups in total. The number of nitrogens with zero attached hydrogens (tertiary/aromatic N) is 3. The van der Waals surface area contributed by atoms with Crippen LogP contribution in [-0.4, -0.2) is 42.9 Å². The smallest absolute Gasteiger partial charge is 0.269 e. The van der Waals surface area contributed by atoms with Crippen LogP contribution < -0.4 is 5.32 Å². The van der Waals surface area contributed by atoms with E-state index in [1.165, 1.54) is 0 Å². The molecule has 3 atom stereocenters. The molecule has 1 unspecified atom stereocenters. The molecule has 2 aliphatic rings. The van der Waals surface area contributed by atoms with Gasteiger partial charge in [-0.2, -0.15) is 5.10 Å². The average molecular weight is 350 g/mol. The third-order valence-corrected chi connectivity index (χ3v) is 4.99. The number of amides is 1. The van der Waals surface area contributed by atoms with Gasteiger partial charge in [0.05, 0.1) is 29.6 Å². The van der Waals surface area contributed by atoms with Crippen LogP contribution >= 0.6 is 11.6 Å². The van der Waals surface area contributed by atoms with E-state index in [9.17, 15) is 9.90 Å². The van der Waals surface area contributed by atoms with Gasteiger partial charge in [-0.05, 0) is 31.6 Å². The Morgan fingerprint density at radius 2 is 2.25 bits per heavy atom. The first kappa shape index (κ1) is 15.7. The minimum absolute atomic E-state index is 0.207. The summed E-state index contributed by atoms with van der Waals surface area (Å²) in [6.45, 7) is 0.687. The second-order valence-electron chi connectivity index (χ2n) is 6.82. The SMILES string of the molecule is O=C(N[C@@H]1CC(Cn2cc(Cl)cn2)C[C@H]1O)c1cnc(C2CC2)[nH]1. The summed E-state index contributed by atoms with van der Waals surface area (Å²) in [5.41, 5.74) is 0.464. The van der Waals surface area contributed by atoms with E-state index in [1.807, 2.05) is 0 Å². The highest BCUT2D eigenvalue weighted by molar-refractivity contribution is 6.30. The van der Waals surface area contributed by atoms with Crippen LogP contribution in [0, 0.1) is 5.92 Å². The monoisotopic (exact) mass is 349 g/mol. The summed E-state index contributed by atoms with van der Waals surface area (Å²) in [4.78, 5) is 19.7. The van der Waals surface area contributed by atoms with Crippen molar-refractivity contribution >= 4 is 17.5 Å². The lowest BCUT2D eigenvalue weighted by atomic mass is 10.1. The van der Waals surface area contributed by atoms with Gasteiger partial charge in [-0.25, -0.2) is 4.98 Å². The molecule has 0 spiro atoms. The van der Waals surface area contributed by atoms with E-state index in [0.29, 0.717) is 36.0 Å². The minimum atomic E-state index is -0.546. The van der Waals surface area contributed by atoms with Crippen molar-refractivity contribution in [2.24, 2.45) is 5.92 Å². The van der Waals surface area contributed by atoms with Crippen molar-refractivity contribution < 1.29 is 9.90 Å². The first-order valence-electron chi connectivity index (χ1n) is 8.30. The largest absolute Gasteiger partial charge is 0.391 e. The van der Waals surface area contributed by atoms with E-state index < -0.39 is 6.10 Å². The van der Waals surface area contributed by atoms with Gasteiger partial charge in [-0.3, -0.25) is 9.48 Å². The van der Waals surface area contributed by atoms with Gasteiger partial charge in [0, 0.05) is 18.7 Å². The van der Waals surface area contributed by atoms with Gasteiger partial charge in [0.2, 0.25) is 0 Å². The Labute approximate surface area is 144 Å². The van der Waals surface area contributed by atoms with Crippen molar-refractivity contribution in [3.63, 3.8) is 0 Å². The molecule has 2 aromatic heterocycles. The lowest BCUT2D eigenvalue weighted by Gasteiger charge is -2.15. The molecule has 1 amide bonds. The maximum absolute atomic E-state index is 12.3. The Balaban J connectivity index is 1.34. The molecular weight excluding hydrogens is 330 g/mol. The van der Waals surface area contributed by atoms with E-state index >= 15 is 0 Å². The molecule has 0 aliphatic heterocycles. The van der Waals surface area contributed by atoms with Crippen molar-refractivity contribution in [3.8, 4) is 0 Å². The first-order chi connectivity index (χ1) is 11.6. The van der Waals surface area contributed by atoms with E-state index in [0.717, 1.165) is 18.7 Å². The predicted octanol–water partition coefficient (Wildman–Crippen LogP) is 1.71. The van der Waals surface area contributed by atoms with Gasteiger partial charge >= 0.3 is 0 Å². The van der Waals surface area contributed by atoms with Crippen LogP contribution in [0.5, 0.6) is 0 Å². The van der Waals surface area contributed by atoms with Gasteiger partial charge in [0.15, 0.2) is 0 Å². The second-order valence-corrected chi connectivity index (χ2v) is 7.26. The minimum Gasteiger partial charge on any atom is -0.391 e. The summed E-state index contributed by atoms with van der Waals surface area (Å²) in [5.74, 6) is 1.42. The Bertz CT molecular complexity index is 738. The topological polar surface area (TPSA) is 95.8 Å². The van der Waals surface area contributed by atoms with Crippen molar-refractivity contribution in [3.05, 3.63) is 35.1 Å². The lowest BCUT2D eigenvalue weighted by Crippen LogP contribution is -2.40. The number of aliphatic hydroxyl groups is 1. The normalized spacial score (nSPS) is 26.7. The second kappa shape index (κ2) is 6.22. The van der Waals surface area contributed by atoms with Crippen LogP contribution in [0.3, 0.4) is 0 Å². The number of hydrogen-bond donors (Lipinski definition) is 3. The third-order valence-electron chi connectivity index (χ3n) is 4.79. The maximum atomic E-state index is 12.3. The van der Waals surface area contributed by atoms with Gasteiger partial charge in [0.1, 0.15) is 11.5 Å². The Hall–Kier alpha value is -1.86. The lowest BCUT2D eigenvalue weighted by molar-refractivity contribution is 0.0868. The average Bonchev–Trinajstić information content (AvgIpc) is 2.97. The van der Waals surface area contributed by atoms with Crippen LogP contribution in [0.4, 0.5) is 0 Å². The number of carbonyl (C=O) groups excluding carboxylic acids is 1. The molecule has 2 fully saturated rings. The van der Waals surface area contributed by atoms with Crippen molar-refractivity contribution in [2.75, 3.05) is 0 Å². The number of hydrogen-bond acceptors (Lipinski definition) is 4. The fourth-order valence-corrected chi connectivity index (χ4v) is 3.54. The standard InChI is InChI=1S/C16H20ClN5O2/c17-11-5-19-22(8-11)7-9-3-12(14(23)4-9)21-16(24)13-6-18-15(20-13)10-1-2-10/h5-6,8-10,12,14,23H,1-4,7H2,(H,18,20)(H,21,24)/t9?,12-,14-/m1/s1. The molecule has 2 heterocycles. The molecule has 2 saturated carbocycles. The van der Waals surface area contributed by atoms with Gasteiger partial charge in [-0.15, -0.1) is 0 Å². The van der Waals surface area contributed by atoms with Gasteiger partial charge in [0.25, 0.3) is 5.91 Å². The summed E-state index contributed by atoms with van der Waals surface area (Å²) < 4.78 is 1.78. The molecule has 0 saturated heterocycles. The molecule has 0 aromatic carbocycles. The Kier molecular flexibility index (Phi) is 4.05. The molecule has 8 heteroatoms. The highest BCUT2D eigenvalue weighted by Gasteiger charge is 2.35. The molecule has 2 aliphatic carbocycles. The number of aromatic amines is 1. The number of nitrogens with one attached hydrogen (secondary N) is 2. The molecule has 0 radical (unpaired) electrons. The van der Waals surface area contributed by atoms with Crippen LogP contribution in [0.15, 0.2) is 18.6 Å². The highest BCUT2D eigenvalue weighted by Crippen LogP contribution is 2.38. The molecule has 24 heavy (non-hydrogen) atoms.